The largest absolute Gasteiger partial charge is 0.364 e. The Labute approximate surface area is 155 Å². The smallest absolute Gasteiger partial charge is 0.191 e. The highest BCUT2D eigenvalue weighted by Gasteiger charge is 2.10. The van der Waals surface area contributed by atoms with Crippen LogP contribution < -0.4 is 15.5 Å². The summed E-state index contributed by atoms with van der Waals surface area (Å²) in [7, 11) is 3.77. The Balaban J connectivity index is 1.56. The Morgan fingerprint density at radius 3 is 2.54 bits per heavy atom. The first-order valence-electron chi connectivity index (χ1n) is 9.01. The highest BCUT2D eigenvalue weighted by molar-refractivity contribution is 5.79. The molecular formula is C20H28N6. The van der Waals surface area contributed by atoms with Gasteiger partial charge in [-0.05, 0) is 31.5 Å². The van der Waals surface area contributed by atoms with E-state index in [0.29, 0.717) is 6.54 Å². The molecule has 2 aromatic rings. The van der Waals surface area contributed by atoms with Crippen LogP contribution in [0.1, 0.15) is 22.5 Å². The molecule has 0 saturated heterocycles. The van der Waals surface area contributed by atoms with Crippen molar-refractivity contribution < 1.29 is 0 Å². The zero-order valence-corrected chi connectivity index (χ0v) is 16.1. The van der Waals surface area contributed by atoms with Gasteiger partial charge >= 0.3 is 0 Å². The molecule has 1 aromatic heterocycles. The number of aliphatic imine (C=N–C) groups is 1. The van der Waals surface area contributed by atoms with Gasteiger partial charge in [0.25, 0.3) is 0 Å². The summed E-state index contributed by atoms with van der Waals surface area (Å²) in [5.74, 6) is 0.792. The van der Waals surface area contributed by atoms with E-state index in [4.69, 9.17) is 0 Å². The molecule has 1 aromatic carbocycles. The molecule has 138 valence electrons. The van der Waals surface area contributed by atoms with Gasteiger partial charge in [0, 0.05) is 57.2 Å². The molecule has 6 nitrogen and oxygen atoms in total. The second-order valence-electron chi connectivity index (χ2n) is 6.60. The minimum atomic E-state index is 0.713. The van der Waals surface area contributed by atoms with E-state index in [-0.39, 0.29) is 0 Å². The van der Waals surface area contributed by atoms with E-state index < -0.39 is 0 Å². The lowest BCUT2D eigenvalue weighted by Crippen LogP contribution is -2.36. The van der Waals surface area contributed by atoms with Crippen molar-refractivity contribution in [3.05, 3.63) is 58.9 Å². The fraction of sp³-hybridized carbons (Fsp3) is 0.400. The Morgan fingerprint density at radius 1 is 1.15 bits per heavy atom. The number of nitrogens with one attached hydrogen (secondary N) is 2. The maximum atomic E-state index is 4.46. The molecule has 0 fully saturated rings. The zero-order valence-electron chi connectivity index (χ0n) is 16.1. The fourth-order valence-electron chi connectivity index (χ4n) is 3.20. The minimum Gasteiger partial charge on any atom is -0.364 e. The Bertz CT molecular complexity index is 810. The first-order chi connectivity index (χ1) is 12.6. The topological polar surface area (TPSA) is 57.5 Å². The van der Waals surface area contributed by atoms with E-state index in [1.165, 1.54) is 22.5 Å². The summed E-state index contributed by atoms with van der Waals surface area (Å²) in [4.78, 5) is 6.68. The van der Waals surface area contributed by atoms with Crippen LogP contribution in [0.3, 0.4) is 0 Å². The number of nitrogens with zero attached hydrogens (tertiary/aromatic N) is 4. The lowest BCUT2D eigenvalue weighted by atomic mass is 10.2. The lowest BCUT2D eigenvalue weighted by molar-refractivity contribution is 0.728. The molecule has 0 atom stereocenters. The third kappa shape index (κ3) is 4.07. The molecule has 0 bridgehead atoms. The molecule has 2 N–H and O–H groups in total. The summed E-state index contributed by atoms with van der Waals surface area (Å²) >= 11 is 0. The van der Waals surface area contributed by atoms with E-state index in [9.17, 15) is 0 Å². The maximum absolute atomic E-state index is 4.46. The molecule has 0 spiro atoms. The number of anilines is 1. The third-order valence-electron chi connectivity index (χ3n) is 4.87. The Kier molecular flexibility index (Phi) is 5.61. The molecule has 0 aliphatic carbocycles. The van der Waals surface area contributed by atoms with Crippen LogP contribution >= 0.6 is 0 Å². The van der Waals surface area contributed by atoms with E-state index in [2.05, 4.69) is 69.0 Å². The molecule has 0 radical (unpaired) electrons. The summed E-state index contributed by atoms with van der Waals surface area (Å²) < 4.78 is 1.92. The van der Waals surface area contributed by atoms with Gasteiger partial charge in [-0.3, -0.25) is 9.67 Å². The van der Waals surface area contributed by atoms with Gasteiger partial charge in [-0.2, -0.15) is 5.10 Å². The van der Waals surface area contributed by atoms with E-state index in [1.807, 2.05) is 18.7 Å². The van der Waals surface area contributed by atoms with Crippen molar-refractivity contribution >= 4 is 11.6 Å². The third-order valence-corrected chi connectivity index (χ3v) is 4.87. The van der Waals surface area contributed by atoms with Crippen LogP contribution in [-0.2, 0) is 20.1 Å². The van der Waals surface area contributed by atoms with E-state index in [0.717, 1.165) is 31.3 Å². The van der Waals surface area contributed by atoms with Crippen molar-refractivity contribution in [2.24, 2.45) is 12.0 Å². The number of hydrogen-bond acceptors (Lipinski definition) is 3. The first kappa shape index (κ1) is 18.0. The summed E-state index contributed by atoms with van der Waals surface area (Å²) in [6.45, 7) is 7.56. The predicted molar refractivity (Wildman–Crippen MR) is 108 cm³/mol. The van der Waals surface area contributed by atoms with Crippen LogP contribution in [0.4, 0.5) is 5.69 Å². The van der Waals surface area contributed by atoms with Gasteiger partial charge < -0.3 is 15.5 Å². The highest BCUT2D eigenvalue weighted by Crippen LogP contribution is 2.18. The number of guanidine groups is 1. The molecule has 0 amide bonds. The summed E-state index contributed by atoms with van der Waals surface area (Å²) in [5, 5.41) is 11.2. The Morgan fingerprint density at radius 2 is 1.88 bits per heavy atom. The van der Waals surface area contributed by atoms with Crippen LogP contribution in [0, 0.1) is 13.8 Å². The van der Waals surface area contributed by atoms with Crippen LogP contribution in [0.2, 0.25) is 0 Å². The second-order valence-corrected chi connectivity index (χ2v) is 6.60. The highest BCUT2D eigenvalue weighted by atomic mass is 15.3. The summed E-state index contributed by atoms with van der Waals surface area (Å²) in [6, 6.07) is 8.66. The summed E-state index contributed by atoms with van der Waals surface area (Å²) in [6.07, 6.45) is 4.41. The van der Waals surface area contributed by atoms with Gasteiger partial charge in [0.05, 0.1) is 5.69 Å². The van der Waals surface area contributed by atoms with E-state index >= 15 is 0 Å². The zero-order chi connectivity index (χ0) is 18.5. The van der Waals surface area contributed by atoms with Gasteiger partial charge in [0.15, 0.2) is 5.96 Å². The van der Waals surface area contributed by atoms with Crippen LogP contribution in [0.5, 0.6) is 0 Å². The van der Waals surface area contributed by atoms with Crippen LogP contribution in [-0.4, -0.2) is 35.9 Å². The number of benzene rings is 1. The van der Waals surface area contributed by atoms with Gasteiger partial charge in [-0.15, -0.1) is 0 Å². The molecule has 0 unspecified atom stereocenters. The fourth-order valence-corrected chi connectivity index (χ4v) is 3.20. The molecule has 0 saturated carbocycles. The van der Waals surface area contributed by atoms with Gasteiger partial charge in [0.1, 0.15) is 0 Å². The molecule has 26 heavy (non-hydrogen) atoms. The number of aromatic nitrogens is 2. The van der Waals surface area contributed by atoms with Crippen LogP contribution in [0.15, 0.2) is 41.4 Å². The molecule has 2 heterocycles. The summed E-state index contributed by atoms with van der Waals surface area (Å²) in [5.41, 5.74) is 5.96. The quantitative estimate of drug-likeness (QED) is 0.492. The molecule has 1 aliphatic heterocycles. The number of rotatable bonds is 5. The molecule has 1 aliphatic rings. The predicted octanol–water partition coefficient (Wildman–Crippen LogP) is 2.28. The number of hydrogen-bond donors (Lipinski definition) is 2. The van der Waals surface area contributed by atoms with Gasteiger partial charge in [-0.25, -0.2) is 0 Å². The van der Waals surface area contributed by atoms with Crippen molar-refractivity contribution in [3.63, 3.8) is 0 Å². The maximum Gasteiger partial charge on any atom is 0.191 e. The van der Waals surface area contributed by atoms with Gasteiger partial charge in [-0.1, -0.05) is 24.3 Å². The average Bonchev–Trinajstić information content (AvgIpc) is 3.26. The van der Waals surface area contributed by atoms with E-state index in [1.54, 1.807) is 7.05 Å². The van der Waals surface area contributed by atoms with Crippen molar-refractivity contribution in [1.82, 2.24) is 20.4 Å². The average molecular weight is 352 g/mol. The monoisotopic (exact) mass is 352 g/mol. The van der Waals surface area contributed by atoms with Crippen molar-refractivity contribution in [2.75, 3.05) is 25.0 Å². The molecule has 6 heteroatoms. The SMILES string of the molecule is CN=C(NCc1cccc(N2CC=CC2)c1)NCc1c(C)nn(C)c1C. The lowest BCUT2D eigenvalue weighted by Gasteiger charge is -2.19. The normalized spacial score (nSPS) is 14.2. The van der Waals surface area contributed by atoms with Crippen LogP contribution in [0.25, 0.3) is 0 Å². The standard InChI is InChI=1S/C20H28N6/c1-15-19(16(2)25(4)24-15)14-23-20(21-3)22-13-17-8-7-9-18(12-17)26-10-5-6-11-26/h5-9,12H,10-11,13-14H2,1-4H3,(H2,21,22,23). The minimum absolute atomic E-state index is 0.713. The van der Waals surface area contributed by atoms with Crippen molar-refractivity contribution in [3.8, 4) is 0 Å². The first-order valence-corrected chi connectivity index (χ1v) is 9.01. The van der Waals surface area contributed by atoms with Crippen molar-refractivity contribution in [1.29, 1.82) is 0 Å². The van der Waals surface area contributed by atoms with Crippen molar-refractivity contribution in [2.45, 2.75) is 26.9 Å². The number of aryl methyl sites for hydroxylation is 2. The Hall–Kier alpha value is -2.76. The molecule has 3 rings (SSSR count). The second kappa shape index (κ2) is 8.08. The molecular weight excluding hydrogens is 324 g/mol. The van der Waals surface area contributed by atoms with Gasteiger partial charge in [0.2, 0.25) is 0 Å².